The molecule has 0 saturated carbocycles. The minimum absolute atomic E-state index is 0.227. The second-order valence-electron chi connectivity index (χ2n) is 3.59. The SMILES string of the molecule is CSCCC(NC(=O)c1ccc(=O)[nH]c1)C(=O)O. The van der Waals surface area contributed by atoms with Crippen LogP contribution >= 0.6 is 11.8 Å². The highest BCUT2D eigenvalue weighted by Gasteiger charge is 2.20. The van der Waals surface area contributed by atoms with Gasteiger partial charge >= 0.3 is 5.97 Å². The average molecular weight is 270 g/mol. The first-order valence-electron chi connectivity index (χ1n) is 5.26. The number of carbonyl (C=O) groups is 2. The Balaban J connectivity index is 2.68. The van der Waals surface area contributed by atoms with E-state index in [4.69, 9.17) is 5.11 Å². The van der Waals surface area contributed by atoms with E-state index in [0.717, 1.165) is 0 Å². The first kappa shape index (κ1) is 14.3. The fourth-order valence-electron chi connectivity index (χ4n) is 1.29. The third kappa shape index (κ3) is 4.25. The molecule has 0 saturated heterocycles. The van der Waals surface area contributed by atoms with Gasteiger partial charge in [0.15, 0.2) is 0 Å². The number of rotatable bonds is 6. The predicted molar refractivity (Wildman–Crippen MR) is 69.0 cm³/mol. The van der Waals surface area contributed by atoms with Gasteiger partial charge in [-0.05, 0) is 24.5 Å². The number of aromatic nitrogens is 1. The fraction of sp³-hybridized carbons (Fsp3) is 0.364. The molecule has 0 spiro atoms. The number of aromatic amines is 1. The molecule has 7 heteroatoms. The van der Waals surface area contributed by atoms with Crippen molar-refractivity contribution in [3.63, 3.8) is 0 Å². The van der Waals surface area contributed by atoms with E-state index >= 15 is 0 Å². The molecule has 3 N–H and O–H groups in total. The van der Waals surface area contributed by atoms with Crippen LogP contribution in [0.3, 0.4) is 0 Å². The van der Waals surface area contributed by atoms with Crippen molar-refractivity contribution in [2.45, 2.75) is 12.5 Å². The van der Waals surface area contributed by atoms with E-state index in [2.05, 4.69) is 10.3 Å². The quantitative estimate of drug-likeness (QED) is 0.691. The van der Waals surface area contributed by atoms with Crippen LogP contribution in [0.2, 0.25) is 0 Å². The van der Waals surface area contributed by atoms with Gasteiger partial charge in [-0.1, -0.05) is 0 Å². The van der Waals surface area contributed by atoms with Crippen LogP contribution in [0.25, 0.3) is 0 Å². The number of amides is 1. The standard InChI is InChI=1S/C11H14N2O4S/c1-18-5-4-8(11(16)17)13-10(15)7-2-3-9(14)12-6-7/h2-3,6,8H,4-5H2,1H3,(H,12,14)(H,13,15)(H,16,17). The second-order valence-corrected chi connectivity index (χ2v) is 4.57. The van der Waals surface area contributed by atoms with Gasteiger partial charge in [-0.25, -0.2) is 4.79 Å². The molecule has 1 rings (SSSR count). The van der Waals surface area contributed by atoms with Gasteiger partial charge in [0.25, 0.3) is 5.91 Å². The number of carboxylic acid groups (broad SMARTS) is 1. The van der Waals surface area contributed by atoms with Crippen molar-refractivity contribution in [1.29, 1.82) is 0 Å². The van der Waals surface area contributed by atoms with Crippen LogP contribution in [-0.4, -0.2) is 40.0 Å². The van der Waals surface area contributed by atoms with E-state index in [1.807, 2.05) is 6.26 Å². The van der Waals surface area contributed by atoms with Crippen molar-refractivity contribution < 1.29 is 14.7 Å². The lowest BCUT2D eigenvalue weighted by Gasteiger charge is -2.13. The minimum atomic E-state index is -1.07. The number of hydrogen-bond donors (Lipinski definition) is 3. The van der Waals surface area contributed by atoms with E-state index < -0.39 is 17.9 Å². The van der Waals surface area contributed by atoms with Gasteiger partial charge in [-0.3, -0.25) is 9.59 Å². The average Bonchev–Trinajstić information content (AvgIpc) is 2.34. The normalized spacial score (nSPS) is 11.8. The van der Waals surface area contributed by atoms with E-state index in [1.165, 1.54) is 30.1 Å². The molecule has 1 amide bonds. The Morgan fingerprint density at radius 2 is 2.22 bits per heavy atom. The predicted octanol–water partition coefficient (Wildman–Crippen LogP) is 0.311. The van der Waals surface area contributed by atoms with Crippen molar-refractivity contribution in [3.05, 3.63) is 34.2 Å². The lowest BCUT2D eigenvalue weighted by atomic mass is 10.2. The number of thioether (sulfide) groups is 1. The fourth-order valence-corrected chi connectivity index (χ4v) is 1.76. The van der Waals surface area contributed by atoms with Gasteiger partial charge in [0.05, 0.1) is 5.56 Å². The molecular formula is C11H14N2O4S. The highest BCUT2D eigenvalue weighted by atomic mass is 32.2. The monoisotopic (exact) mass is 270 g/mol. The van der Waals surface area contributed by atoms with Gasteiger partial charge in [-0.2, -0.15) is 11.8 Å². The van der Waals surface area contributed by atoms with E-state index in [-0.39, 0.29) is 11.1 Å². The van der Waals surface area contributed by atoms with Crippen LogP contribution in [0.1, 0.15) is 16.8 Å². The molecule has 0 aliphatic rings. The Labute approximate surface area is 108 Å². The van der Waals surface area contributed by atoms with Crippen LogP contribution < -0.4 is 10.9 Å². The summed E-state index contributed by atoms with van der Waals surface area (Å²) < 4.78 is 0. The van der Waals surface area contributed by atoms with Crippen LogP contribution in [0, 0.1) is 0 Å². The van der Waals surface area contributed by atoms with Gasteiger partial charge in [0.2, 0.25) is 5.56 Å². The third-order valence-corrected chi connectivity index (χ3v) is 2.90. The zero-order valence-corrected chi connectivity index (χ0v) is 10.6. The summed E-state index contributed by atoms with van der Waals surface area (Å²) in [7, 11) is 0. The highest BCUT2D eigenvalue weighted by molar-refractivity contribution is 7.98. The third-order valence-electron chi connectivity index (χ3n) is 2.26. The number of carbonyl (C=O) groups excluding carboxylic acids is 1. The van der Waals surface area contributed by atoms with E-state index in [0.29, 0.717) is 12.2 Å². The summed E-state index contributed by atoms with van der Waals surface area (Å²) in [5.74, 6) is -0.940. The van der Waals surface area contributed by atoms with Crippen LogP contribution in [0.15, 0.2) is 23.1 Å². The largest absolute Gasteiger partial charge is 0.480 e. The van der Waals surface area contributed by atoms with Crippen LogP contribution in [-0.2, 0) is 4.79 Å². The Morgan fingerprint density at radius 1 is 1.50 bits per heavy atom. The Morgan fingerprint density at radius 3 is 2.72 bits per heavy atom. The Kier molecular flexibility index (Phi) is 5.44. The molecule has 0 radical (unpaired) electrons. The maximum atomic E-state index is 11.7. The zero-order valence-electron chi connectivity index (χ0n) is 9.80. The van der Waals surface area contributed by atoms with E-state index in [9.17, 15) is 14.4 Å². The van der Waals surface area contributed by atoms with E-state index in [1.54, 1.807) is 0 Å². The number of H-pyrrole nitrogens is 1. The number of aliphatic carboxylic acids is 1. The second kappa shape index (κ2) is 6.85. The van der Waals surface area contributed by atoms with Crippen molar-refractivity contribution in [1.82, 2.24) is 10.3 Å². The van der Waals surface area contributed by atoms with Crippen molar-refractivity contribution >= 4 is 23.6 Å². The summed E-state index contributed by atoms with van der Waals surface area (Å²) in [6.45, 7) is 0. The minimum Gasteiger partial charge on any atom is -0.480 e. The summed E-state index contributed by atoms with van der Waals surface area (Å²) in [5, 5.41) is 11.4. The summed E-state index contributed by atoms with van der Waals surface area (Å²) in [5.41, 5.74) is -0.0891. The molecule has 98 valence electrons. The molecular weight excluding hydrogens is 256 g/mol. The van der Waals surface area contributed by atoms with Crippen molar-refractivity contribution in [2.24, 2.45) is 0 Å². The maximum absolute atomic E-state index is 11.7. The molecule has 0 aromatic carbocycles. The van der Waals surface area contributed by atoms with Crippen LogP contribution in [0.5, 0.6) is 0 Å². The molecule has 18 heavy (non-hydrogen) atoms. The smallest absolute Gasteiger partial charge is 0.326 e. The zero-order chi connectivity index (χ0) is 13.5. The molecule has 6 nitrogen and oxygen atoms in total. The Hall–Kier alpha value is -1.76. The molecule has 0 fully saturated rings. The first-order valence-corrected chi connectivity index (χ1v) is 6.65. The summed E-state index contributed by atoms with van der Waals surface area (Å²) in [6.07, 6.45) is 3.47. The lowest BCUT2D eigenvalue weighted by Crippen LogP contribution is -2.41. The summed E-state index contributed by atoms with van der Waals surface area (Å²) >= 11 is 1.51. The number of hydrogen-bond acceptors (Lipinski definition) is 4. The number of nitrogens with one attached hydrogen (secondary N) is 2. The topological polar surface area (TPSA) is 99.3 Å². The van der Waals surface area contributed by atoms with Gasteiger partial charge in [0, 0.05) is 12.3 Å². The highest BCUT2D eigenvalue weighted by Crippen LogP contribution is 2.03. The molecule has 1 atom stereocenters. The number of pyridine rings is 1. The maximum Gasteiger partial charge on any atom is 0.326 e. The molecule has 0 aliphatic heterocycles. The first-order chi connectivity index (χ1) is 8.54. The number of carboxylic acids is 1. The lowest BCUT2D eigenvalue weighted by molar-refractivity contribution is -0.139. The Bertz CT molecular complexity index is 466. The van der Waals surface area contributed by atoms with Crippen LogP contribution in [0.4, 0.5) is 0 Å². The molecule has 1 unspecified atom stereocenters. The molecule has 0 bridgehead atoms. The summed E-state index contributed by atoms with van der Waals surface area (Å²) in [6, 6.07) is 1.64. The summed E-state index contributed by atoms with van der Waals surface area (Å²) in [4.78, 5) is 35.9. The molecule has 0 aliphatic carbocycles. The molecule has 1 heterocycles. The van der Waals surface area contributed by atoms with Crippen molar-refractivity contribution in [3.8, 4) is 0 Å². The van der Waals surface area contributed by atoms with Gasteiger partial charge in [0.1, 0.15) is 6.04 Å². The van der Waals surface area contributed by atoms with Gasteiger partial charge in [-0.15, -0.1) is 0 Å². The van der Waals surface area contributed by atoms with Gasteiger partial charge < -0.3 is 15.4 Å². The molecule has 1 aromatic rings. The molecule has 1 aromatic heterocycles. The van der Waals surface area contributed by atoms with Crippen molar-refractivity contribution in [2.75, 3.05) is 12.0 Å².